The highest BCUT2D eigenvalue weighted by Gasteiger charge is 2.26. The molecule has 30 heavy (non-hydrogen) atoms. The molecule has 0 spiro atoms. The molecule has 1 aromatic heterocycles. The number of aromatic nitrogens is 1. The Morgan fingerprint density at radius 2 is 1.77 bits per heavy atom. The number of amides is 1. The second kappa shape index (κ2) is 11.2. The minimum Gasteiger partial charge on any atom is -0.445 e. The number of carbonyl (C=O) groups is 2. The molecule has 6 nitrogen and oxygen atoms in total. The Hall–Kier alpha value is -2.31. The first kappa shape index (κ1) is 22.4. The Balaban J connectivity index is 1.33. The van der Waals surface area contributed by atoms with Crippen LogP contribution >= 0.6 is 23.2 Å². The molecular formula is C22H25Cl2N3O3. The number of rotatable bonds is 8. The number of piperidine rings is 1. The van der Waals surface area contributed by atoms with Crippen LogP contribution in [0.2, 0.25) is 10.0 Å². The van der Waals surface area contributed by atoms with E-state index in [1.165, 1.54) is 0 Å². The maximum atomic E-state index is 12.5. The number of ketones is 1. The predicted octanol–water partition coefficient (Wildman–Crippen LogP) is 4.88. The number of ether oxygens (including phenoxy) is 1. The SMILES string of the molecule is O=C(NCCCC(=O)C1CCN(c2c(Cl)cncc2Cl)CC1)OCc1ccccc1. The van der Waals surface area contributed by atoms with Gasteiger partial charge >= 0.3 is 6.09 Å². The maximum Gasteiger partial charge on any atom is 0.407 e. The van der Waals surface area contributed by atoms with E-state index in [9.17, 15) is 9.59 Å². The highest BCUT2D eigenvalue weighted by Crippen LogP contribution is 2.35. The van der Waals surface area contributed by atoms with Gasteiger partial charge < -0.3 is 15.0 Å². The lowest BCUT2D eigenvalue weighted by Gasteiger charge is -2.33. The molecule has 2 aromatic rings. The molecule has 0 atom stereocenters. The Labute approximate surface area is 186 Å². The number of halogens is 2. The van der Waals surface area contributed by atoms with E-state index < -0.39 is 6.09 Å². The van der Waals surface area contributed by atoms with Crippen LogP contribution in [0.25, 0.3) is 0 Å². The van der Waals surface area contributed by atoms with Crippen LogP contribution in [0.15, 0.2) is 42.7 Å². The van der Waals surface area contributed by atoms with Crippen LogP contribution in [0.4, 0.5) is 10.5 Å². The first-order chi connectivity index (χ1) is 14.5. The van der Waals surface area contributed by atoms with E-state index in [2.05, 4.69) is 15.2 Å². The van der Waals surface area contributed by atoms with Crippen LogP contribution in [0, 0.1) is 5.92 Å². The molecule has 1 aromatic carbocycles. The van der Waals surface area contributed by atoms with Crippen molar-refractivity contribution in [3.05, 3.63) is 58.3 Å². The number of alkyl carbamates (subject to hydrolysis) is 1. The number of Topliss-reactive ketones (excluding diaryl/α,β-unsaturated/α-hetero) is 1. The van der Waals surface area contributed by atoms with Crippen molar-refractivity contribution in [3.8, 4) is 0 Å². The fourth-order valence-electron chi connectivity index (χ4n) is 3.56. The molecule has 3 rings (SSSR count). The number of nitrogens with zero attached hydrogens (tertiary/aromatic N) is 2. The highest BCUT2D eigenvalue weighted by atomic mass is 35.5. The van der Waals surface area contributed by atoms with Crippen LogP contribution < -0.4 is 10.2 Å². The van der Waals surface area contributed by atoms with Crippen molar-refractivity contribution < 1.29 is 14.3 Å². The van der Waals surface area contributed by atoms with Gasteiger partial charge in [-0.15, -0.1) is 0 Å². The van der Waals surface area contributed by atoms with Gasteiger partial charge in [-0.25, -0.2) is 4.79 Å². The highest BCUT2D eigenvalue weighted by molar-refractivity contribution is 6.38. The summed E-state index contributed by atoms with van der Waals surface area (Å²) in [6, 6.07) is 9.50. The number of benzene rings is 1. The summed E-state index contributed by atoms with van der Waals surface area (Å²) >= 11 is 12.5. The fraction of sp³-hybridized carbons (Fsp3) is 0.409. The van der Waals surface area contributed by atoms with Crippen molar-refractivity contribution in [1.29, 1.82) is 0 Å². The Morgan fingerprint density at radius 1 is 1.10 bits per heavy atom. The molecule has 2 heterocycles. The number of pyridine rings is 1. The van der Waals surface area contributed by atoms with Gasteiger partial charge in [0.15, 0.2) is 0 Å². The van der Waals surface area contributed by atoms with Crippen LogP contribution in [0.5, 0.6) is 0 Å². The zero-order chi connectivity index (χ0) is 21.3. The summed E-state index contributed by atoms with van der Waals surface area (Å²) in [5, 5.41) is 3.75. The van der Waals surface area contributed by atoms with E-state index >= 15 is 0 Å². The second-order valence-electron chi connectivity index (χ2n) is 7.27. The predicted molar refractivity (Wildman–Crippen MR) is 118 cm³/mol. The smallest absolute Gasteiger partial charge is 0.407 e. The van der Waals surface area contributed by atoms with E-state index in [1.807, 2.05) is 30.3 Å². The molecule has 1 aliphatic rings. The summed E-state index contributed by atoms with van der Waals surface area (Å²) in [4.78, 5) is 30.3. The summed E-state index contributed by atoms with van der Waals surface area (Å²) in [5.41, 5.74) is 1.72. The minimum atomic E-state index is -0.467. The third-order valence-electron chi connectivity index (χ3n) is 5.18. The van der Waals surface area contributed by atoms with Gasteiger partial charge in [-0.05, 0) is 24.8 Å². The zero-order valence-corrected chi connectivity index (χ0v) is 18.2. The van der Waals surface area contributed by atoms with Gasteiger partial charge in [0.25, 0.3) is 0 Å². The molecule has 0 bridgehead atoms. The topological polar surface area (TPSA) is 71.5 Å². The van der Waals surface area contributed by atoms with Crippen LogP contribution in [-0.2, 0) is 16.1 Å². The average Bonchev–Trinajstić information content (AvgIpc) is 2.76. The minimum absolute atomic E-state index is 0.0330. The summed E-state index contributed by atoms with van der Waals surface area (Å²) in [5.74, 6) is 0.270. The van der Waals surface area contributed by atoms with Gasteiger partial charge in [0, 0.05) is 44.4 Å². The normalized spacial score (nSPS) is 14.4. The van der Waals surface area contributed by atoms with Gasteiger partial charge in [0.2, 0.25) is 0 Å². The van der Waals surface area contributed by atoms with Crippen LogP contribution in [0.1, 0.15) is 31.2 Å². The van der Waals surface area contributed by atoms with E-state index in [-0.39, 0.29) is 18.3 Å². The van der Waals surface area contributed by atoms with Gasteiger partial charge in [-0.2, -0.15) is 0 Å². The second-order valence-corrected chi connectivity index (χ2v) is 8.09. The van der Waals surface area contributed by atoms with E-state index in [4.69, 9.17) is 27.9 Å². The molecule has 0 aliphatic carbocycles. The first-order valence-corrected chi connectivity index (χ1v) is 10.8. The van der Waals surface area contributed by atoms with E-state index in [1.54, 1.807) is 12.4 Å². The van der Waals surface area contributed by atoms with Crippen molar-refractivity contribution >= 4 is 40.8 Å². The number of hydrogen-bond acceptors (Lipinski definition) is 5. The number of hydrogen-bond donors (Lipinski definition) is 1. The third kappa shape index (κ3) is 6.34. The average molecular weight is 450 g/mol. The zero-order valence-electron chi connectivity index (χ0n) is 16.7. The van der Waals surface area contributed by atoms with Crippen molar-refractivity contribution in [1.82, 2.24) is 10.3 Å². The number of nitrogens with one attached hydrogen (secondary N) is 1. The van der Waals surface area contributed by atoms with Crippen molar-refractivity contribution in [2.45, 2.75) is 32.3 Å². The van der Waals surface area contributed by atoms with Crippen LogP contribution in [0.3, 0.4) is 0 Å². The largest absolute Gasteiger partial charge is 0.445 e. The quantitative estimate of drug-likeness (QED) is 0.581. The van der Waals surface area contributed by atoms with Crippen molar-refractivity contribution in [3.63, 3.8) is 0 Å². The summed E-state index contributed by atoms with van der Waals surface area (Å²) < 4.78 is 5.16. The molecular weight excluding hydrogens is 425 g/mol. The lowest BCUT2D eigenvalue weighted by atomic mass is 9.90. The van der Waals surface area contributed by atoms with Crippen LogP contribution in [-0.4, -0.2) is 36.5 Å². The lowest BCUT2D eigenvalue weighted by molar-refractivity contribution is -0.123. The standard InChI is InChI=1S/C22H25Cl2N3O3/c23-18-13-25-14-19(24)21(18)27-11-8-17(9-12-27)20(28)7-4-10-26-22(29)30-15-16-5-2-1-3-6-16/h1-3,5-6,13-14,17H,4,7-12,15H2,(H,26,29). The molecule has 0 radical (unpaired) electrons. The monoisotopic (exact) mass is 449 g/mol. The molecule has 1 amide bonds. The molecule has 0 saturated carbocycles. The molecule has 160 valence electrons. The summed E-state index contributed by atoms with van der Waals surface area (Å²) in [7, 11) is 0. The molecule has 1 N–H and O–H groups in total. The number of carbonyl (C=O) groups excluding carboxylic acids is 2. The summed E-state index contributed by atoms with van der Waals surface area (Å²) in [6.45, 7) is 2.10. The van der Waals surface area contributed by atoms with E-state index in [0.717, 1.165) is 37.2 Å². The van der Waals surface area contributed by atoms with Gasteiger partial charge in [-0.1, -0.05) is 53.5 Å². The van der Waals surface area contributed by atoms with Gasteiger partial charge in [0.1, 0.15) is 12.4 Å². The molecule has 1 aliphatic heterocycles. The number of anilines is 1. The Morgan fingerprint density at radius 3 is 2.43 bits per heavy atom. The third-order valence-corrected chi connectivity index (χ3v) is 5.73. The van der Waals surface area contributed by atoms with Crippen molar-refractivity contribution in [2.24, 2.45) is 5.92 Å². The Bertz CT molecular complexity index is 836. The maximum absolute atomic E-state index is 12.5. The van der Waals surface area contributed by atoms with E-state index in [0.29, 0.717) is 29.4 Å². The fourth-order valence-corrected chi connectivity index (χ4v) is 4.17. The molecule has 8 heteroatoms. The molecule has 0 unspecified atom stereocenters. The van der Waals surface area contributed by atoms with Gasteiger partial charge in [0.05, 0.1) is 15.7 Å². The van der Waals surface area contributed by atoms with Gasteiger partial charge in [-0.3, -0.25) is 9.78 Å². The summed E-state index contributed by atoms with van der Waals surface area (Å²) in [6.07, 6.45) is 5.27. The lowest BCUT2D eigenvalue weighted by Crippen LogP contribution is -2.37. The first-order valence-electron chi connectivity index (χ1n) is 10.1. The molecule has 1 saturated heterocycles. The Kier molecular flexibility index (Phi) is 8.34. The van der Waals surface area contributed by atoms with Crippen molar-refractivity contribution in [2.75, 3.05) is 24.5 Å². The molecule has 1 fully saturated rings.